The van der Waals surface area contributed by atoms with Gasteiger partial charge in [-0.3, -0.25) is 4.79 Å². The Balaban J connectivity index is 2.89. The fourth-order valence-corrected chi connectivity index (χ4v) is 1.91. The van der Waals surface area contributed by atoms with Crippen LogP contribution in [0.25, 0.3) is 0 Å². The number of nitriles is 1. The molecule has 0 aliphatic heterocycles. The van der Waals surface area contributed by atoms with Gasteiger partial charge in [0.1, 0.15) is 16.3 Å². The third kappa shape index (κ3) is 2.96. The van der Waals surface area contributed by atoms with Gasteiger partial charge in [0.05, 0.1) is 5.56 Å². The Labute approximate surface area is 91.9 Å². The highest BCUT2D eigenvalue weighted by molar-refractivity contribution is 8.00. The molecule has 78 valence electrons. The molecule has 15 heavy (non-hydrogen) atoms. The second-order valence-corrected chi connectivity index (χ2v) is 4.01. The number of hydrogen-bond acceptors (Lipinski definition) is 4. The van der Waals surface area contributed by atoms with Crippen LogP contribution in [0, 0.1) is 11.3 Å². The maximum Gasteiger partial charge on any atom is 0.317 e. The van der Waals surface area contributed by atoms with Crippen LogP contribution in [0.5, 0.6) is 0 Å². The van der Waals surface area contributed by atoms with E-state index < -0.39 is 11.2 Å². The number of aliphatic carboxylic acids is 1. The van der Waals surface area contributed by atoms with Crippen LogP contribution in [0.2, 0.25) is 0 Å². The highest BCUT2D eigenvalue weighted by Gasteiger charge is 2.18. The number of aromatic nitrogens is 1. The molecule has 5 heteroatoms. The van der Waals surface area contributed by atoms with Gasteiger partial charge in [-0.15, -0.1) is 0 Å². The van der Waals surface area contributed by atoms with Gasteiger partial charge in [-0.1, -0.05) is 18.7 Å². The van der Waals surface area contributed by atoms with Crippen molar-refractivity contribution in [3.05, 3.63) is 23.9 Å². The van der Waals surface area contributed by atoms with E-state index in [0.717, 1.165) is 11.8 Å². The number of nitrogens with zero attached hydrogens (tertiary/aromatic N) is 2. The Kier molecular flexibility index (Phi) is 4.13. The molecule has 1 aromatic heterocycles. The summed E-state index contributed by atoms with van der Waals surface area (Å²) in [5, 5.41) is 17.6. The highest BCUT2D eigenvalue weighted by atomic mass is 32.2. The molecule has 0 aromatic carbocycles. The first-order chi connectivity index (χ1) is 7.19. The first kappa shape index (κ1) is 11.5. The normalized spacial score (nSPS) is 11.7. The van der Waals surface area contributed by atoms with Crippen LogP contribution < -0.4 is 0 Å². The molecule has 1 unspecified atom stereocenters. The van der Waals surface area contributed by atoms with Crippen LogP contribution in [0.15, 0.2) is 23.4 Å². The predicted octanol–water partition coefficient (Wildman–Crippen LogP) is 1.91. The predicted molar refractivity (Wildman–Crippen MR) is 56.5 cm³/mol. The monoisotopic (exact) mass is 222 g/mol. The molecule has 1 heterocycles. The molecule has 0 radical (unpaired) electrons. The minimum Gasteiger partial charge on any atom is -0.480 e. The Morgan fingerprint density at radius 1 is 1.80 bits per heavy atom. The van der Waals surface area contributed by atoms with Crippen molar-refractivity contribution in [2.24, 2.45) is 0 Å². The summed E-state index contributed by atoms with van der Waals surface area (Å²) in [6.45, 7) is 1.79. The van der Waals surface area contributed by atoms with E-state index >= 15 is 0 Å². The molecule has 0 bridgehead atoms. The highest BCUT2D eigenvalue weighted by Crippen LogP contribution is 2.26. The third-order valence-electron chi connectivity index (χ3n) is 1.79. The largest absolute Gasteiger partial charge is 0.480 e. The molecule has 0 aliphatic rings. The number of carboxylic acid groups (broad SMARTS) is 1. The van der Waals surface area contributed by atoms with Gasteiger partial charge < -0.3 is 5.11 Å². The van der Waals surface area contributed by atoms with Gasteiger partial charge in [-0.2, -0.15) is 5.26 Å². The topological polar surface area (TPSA) is 74.0 Å². The Morgan fingerprint density at radius 3 is 3.07 bits per heavy atom. The van der Waals surface area contributed by atoms with Crippen LogP contribution in [0.3, 0.4) is 0 Å². The molecule has 1 atom stereocenters. The molecule has 0 saturated heterocycles. The second-order valence-electron chi connectivity index (χ2n) is 2.82. The third-order valence-corrected chi connectivity index (χ3v) is 3.16. The van der Waals surface area contributed by atoms with Gasteiger partial charge >= 0.3 is 5.97 Å². The van der Waals surface area contributed by atoms with Crippen LogP contribution in [-0.2, 0) is 4.79 Å². The number of carboxylic acids is 1. The Bertz CT molecular complexity index is 401. The van der Waals surface area contributed by atoms with Crippen molar-refractivity contribution in [2.75, 3.05) is 0 Å². The average Bonchev–Trinajstić information content (AvgIpc) is 2.25. The summed E-state index contributed by atoms with van der Waals surface area (Å²) in [4.78, 5) is 14.8. The standard InChI is InChI=1S/C10H10N2O2S/c1-2-8(10(13)14)15-9-7(6-11)4-3-5-12-9/h3-5,8H,2H2,1H3,(H,13,14). The molecule has 1 rings (SSSR count). The van der Waals surface area contributed by atoms with E-state index in [1.807, 2.05) is 6.07 Å². The Morgan fingerprint density at radius 2 is 2.53 bits per heavy atom. The number of hydrogen-bond donors (Lipinski definition) is 1. The molecular formula is C10H10N2O2S. The van der Waals surface area contributed by atoms with Gasteiger partial charge in [0.15, 0.2) is 0 Å². The van der Waals surface area contributed by atoms with Crippen molar-refractivity contribution in [1.29, 1.82) is 5.26 Å². The van der Waals surface area contributed by atoms with Crippen molar-refractivity contribution < 1.29 is 9.90 Å². The van der Waals surface area contributed by atoms with E-state index in [0.29, 0.717) is 17.0 Å². The summed E-state index contributed by atoms with van der Waals surface area (Å²) in [5.41, 5.74) is 0.419. The molecule has 0 amide bonds. The maximum absolute atomic E-state index is 10.8. The van der Waals surface area contributed by atoms with Crippen LogP contribution in [0.1, 0.15) is 18.9 Å². The van der Waals surface area contributed by atoms with Crippen molar-refractivity contribution in [1.82, 2.24) is 4.98 Å². The summed E-state index contributed by atoms with van der Waals surface area (Å²) in [5.74, 6) is -0.878. The van der Waals surface area contributed by atoms with E-state index in [-0.39, 0.29) is 0 Å². The molecule has 4 nitrogen and oxygen atoms in total. The Hall–Kier alpha value is -1.54. The minimum atomic E-state index is -0.878. The number of carbonyl (C=O) groups is 1. The molecule has 0 aliphatic carbocycles. The molecule has 0 spiro atoms. The van der Waals surface area contributed by atoms with E-state index in [1.165, 1.54) is 0 Å². The van der Waals surface area contributed by atoms with E-state index in [2.05, 4.69) is 4.98 Å². The first-order valence-corrected chi connectivity index (χ1v) is 5.31. The van der Waals surface area contributed by atoms with E-state index in [9.17, 15) is 4.79 Å². The van der Waals surface area contributed by atoms with Crippen molar-refractivity contribution in [3.63, 3.8) is 0 Å². The van der Waals surface area contributed by atoms with Gasteiger partial charge in [0.25, 0.3) is 0 Å². The number of thioether (sulfide) groups is 1. The first-order valence-electron chi connectivity index (χ1n) is 4.43. The van der Waals surface area contributed by atoms with Crippen molar-refractivity contribution >= 4 is 17.7 Å². The zero-order valence-corrected chi connectivity index (χ0v) is 8.99. The molecule has 1 N–H and O–H groups in total. The fraction of sp³-hybridized carbons (Fsp3) is 0.300. The van der Waals surface area contributed by atoms with Crippen molar-refractivity contribution in [3.8, 4) is 6.07 Å². The average molecular weight is 222 g/mol. The smallest absolute Gasteiger partial charge is 0.317 e. The lowest BCUT2D eigenvalue weighted by Gasteiger charge is -2.08. The van der Waals surface area contributed by atoms with Gasteiger partial charge in [0, 0.05) is 6.20 Å². The van der Waals surface area contributed by atoms with Crippen LogP contribution >= 0.6 is 11.8 Å². The fourth-order valence-electron chi connectivity index (χ4n) is 1.01. The lowest BCUT2D eigenvalue weighted by Crippen LogP contribution is -2.15. The lowest BCUT2D eigenvalue weighted by atomic mass is 10.3. The SMILES string of the molecule is CCC(Sc1ncccc1C#N)C(=O)O. The zero-order chi connectivity index (χ0) is 11.3. The van der Waals surface area contributed by atoms with Crippen LogP contribution in [-0.4, -0.2) is 21.3 Å². The summed E-state index contributed by atoms with van der Waals surface area (Å²) < 4.78 is 0. The molecule has 0 fully saturated rings. The zero-order valence-electron chi connectivity index (χ0n) is 8.17. The summed E-state index contributed by atoms with van der Waals surface area (Å²) >= 11 is 1.11. The van der Waals surface area contributed by atoms with Crippen molar-refractivity contribution in [2.45, 2.75) is 23.6 Å². The van der Waals surface area contributed by atoms with Gasteiger partial charge in [0.2, 0.25) is 0 Å². The molecular weight excluding hydrogens is 212 g/mol. The second kappa shape index (κ2) is 5.37. The maximum atomic E-state index is 10.8. The van der Waals surface area contributed by atoms with E-state index in [1.54, 1.807) is 25.3 Å². The number of rotatable bonds is 4. The molecule has 1 aromatic rings. The van der Waals surface area contributed by atoms with Gasteiger partial charge in [-0.05, 0) is 18.6 Å². The summed E-state index contributed by atoms with van der Waals surface area (Å²) in [6.07, 6.45) is 2.05. The molecule has 0 saturated carbocycles. The number of pyridine rings is 1. The van der Waals surface area contributed by atoms with E-state index in [4.69, 9.17) is 10.4 Å². The van der Waals surface area contributed by atoms with Crippen LogP contribution in [0.4, 0.5) is 0 Å². The summed E-state index contributed by atoms with van der Waals surface area (Å²) in [6, 6.07) is 5.27. The quantitative estimate of drug-likeness (QED) is 0.787. The van der Waals surface area contributed by atoms with Gasteiger partial charge in [-0.25, -0.2) is 4.98 Å². The summed E-state index contributed by atoms with van der Waals surface area (Å²) in [7, 11) is 0. The lowest BCUT2D eigenvalue weighted by molar-refractivity contribution is -0.136. The minimum absolute atomic E-state index is 0.419.